The molecule has 2 aromatic carbocycles. The van der Waals surface area contributed by atoms with Gasteiger partial charge >= 0.3 is 0 Å². The molecule has 2 N–H and O–H groups in total. The van der Waals surface area contributed by atoms with Gasteiger partial charge in [0, 0.05) is 41.5 Å². The molecule has 0 atom stereocenters. The average Bonchev–Trinajstić information content (AvgIpc) is 2.81. The Morgan fingerprint density at radius 3 is 2.72 bits per heavy atom. The Hall–Kier alpha value is -2.54. The third kappa shape index (κ3) is 6.99. The Labute approximate surface area is 199 Å². The van der Waals surface area contributed by atoms with Gasteiger partial charge < -0.3 is 15.4 Å². The zero-order valence-electron chi connectivity index (χ0n) is 18.3. The molecule has 0 unspecified atom stereocenters. The second-order valence-corrected chi connectivity index (χ2v) is 8.32. The van der Waals surface area contributed by atoms with Gasteiger partial charge in [-0.15, -0.1) is 0 Å². The molecule has 32 heavy (non-hydrogen) atoms. The first-order valence-electron chi connectivity index (χ1n) is 10.5. The van der Waals surface area contributed by atoms with Crippen molar-refractivity contribution in [3.8, 4) is 5.75 Å². The van der Waals surface area contributed by atoms with Crippen molar-refractivity contribution in [2.45, 2.75) is 26.4 Å². The molecule has 6 nitrogen and oxygen atoms in total. The van der Waals surface area contributed by atoms with E-state index in [1.54, 1.807) is 19.4 Å². The molecule has 0 fully saturated rings. The molecule has 1 heterocycles. The van der Waals surface area contributed by atoms with Crippen LogP contribution in [0.3, 0.4) is 0 Å². The van der Waals surface area contributed by atoms with Crippen molar-refractivity contribution in [2.24, 2.45) is 4.99 Å². The molecule has 0 aliphatic carbocycles. The van der Waals surface area contributed by atoms with Crippen molar-refractivity contribution in [3.05, 3.63) is 75.4 Å². The lowest BCUT2D eigenvalue weighted by molar-refractivity contribution is -0.117. The molecule has 170 valence electrons. The molecule has 1 aliphatic rings. The fraction of sp³-hybridized carbons (Fsp3) is 0.333. The number of rotatable bonds is 8. The first-order valence-corrected chi connectivity index (χ1v) is 11.3. The van der Waals surface area contributed by atoms with E-state index in [9.17, 15) is 4.79 Å². The van der Waals surface area contributed by atoms with Crippen molar-refractivity contribution in [3.63, 3.8) is 0 Å². The van der Waals surface area contributed by atoms with E-state index >= 15 is 0 Å². The first-order chi connectivity index (χ1) is 15.5. The molecule has 0 aromatic heterocycles. The molecule has 0 saturated heterocycles. The van der Waals surface area contributed by atoms with Gasteiger partial charge in [-0.1, -0.05) is 42.3 Å². The number of methoxy groups -OCH3 is 1. The minimum Gasteiger partial charge on any atom is -0.497 e. The van der Waals surface area contributed by atoms with Gasteiger partial charge in [0.05, 0.1) is 20.2 Å². The van der Waals surface area contributed by atoms with Gasteiger partial charge in [-0.25, -0.2) is 0 Å². The van der Waals surface area contributed by atoms with Gasteiger partial charge in [0.25, 0.3) is 0 Å². The number of carbonyl (C=O) groups excluding carboxylic acids is 1. The van der Waals surface area contributed by atoms with Gasteiger partial charge in [-0.05, 0) is 47.9 Å². The van der Waals surface area contributed by atoms with E-state index in [4.69, 9.17) is 27.9 Å². The Kier molecular flexibility index (Phi) is 8.97. The quantitative estimate of drug-likeness (QED) is 0.555. The summed E-state index contributed by atoms with van der Waals surface area (Å²) in [4.78, 5) is 19.4. The normalized spacial score (nSPS) is 14.6. The summed E-state index contributed by atoms with van der Waals surface area (Å²) in [6.45, 7) is 5.25. The van der Waals surface area contributed by atoms with Gasteiger partial charge in [0.2, 0.25) is 5.91 Å². The predicted octanol–water partition coefficient (Wildman–Crippen LogP) is 4.42. The van der Waals surface area contributed by atoms with Crippen LogP contribution in [0.25, 0.3) is 0 Å². The molecular weight excluding hydrogens is 447 g/mol. The Bertz CT molecular complexity index is 990. The maximum absolute atomic E-state index is 12.6. The fourth-order valence-corrected chi connectivity index (χ4v) is 3.71. The number of ether oxygens (including phenoxy) is 1. The summed E-state index contributed by atoms with van der Waals surface area (Å²) in [5.41, 5.74) is 2.66. The van der Waals surface area contributed by atoms with E-state index in [1.807, 2.05) is 43.3 Å². The molecular formula is C24H28Cl2N4O2. The van der Waals surface area contributed by atoms with E-state index in [-0.39, 0.29) is 5.91 Å². The van der Waals surface area contributed by atoms with Crippen LogP contribution in [0.2, 0.25) is 10.0 Å². The third-order valence-corrected chi connectivity index (χ3v) is 5.80. The van der Waals surface area contributed by atoms with Gasteiger partial charge in [0.1, 0.15) is 11.6 Å². The number of carbonyl (C=O) groups is 1. The summed E-state index contributed by atoms with van der Waals surface area (Å²) >= 11 is 12.4. The highest BCUT2D eigenvalue weighted by atomic mass is 35.5. The fourth-order valence-electron chi connectivity index (χ4n) is 3.34. The molecule has 8 heteroatoms. The second kappa shape index (κ2) is 11.9. The average molecular weight is 475 g/mol. The molecule has 2 aromatic rings. The number of aliphatic imine (C=N–C) groups is 1. The van der Waals surface area contributed by atoms with Crippen LogP contribution in [0.5, 0.6) is 5.75 Å². The highest BCUT2D eigenvalue weighted by molar-refractivity contribution is 6.33. The summed E-state index contributed by atoms with van der Waals surface area (Å²) in [7, 11) is 1.63. The summed E-state index contributed by atoms with van der Waals surface area (Å²) in [5, 5.41) is 7.55. The molecule has 1 amide bonds. The Balaban J connectivity index is 1.53. The van der Waals surface area contributed by atoms with E-state index in [2.05, 4.69) is 20.5 Å². The van der Waals surface area contributed by atoms with Crippen LogP contribution in [0.1, 0.15) is 24.5 Å². The highest BCUT2D eigenvalue weighted by Gasteiger charge is 2.16. The minimum atomic E-state index is -0.102. The van der Waals surface area contributed by atoms with Crippen molar-refractivity contribution in [1.82, 2.24) is 15.5 Å². The summed E-state index contributed by atoms with van der Waals surface area (Å²) in [5.74, 6) is 1.51. The van der Waals surface area contributed by atoms with E-state index in [1.165, 1.54) is 0 Å². The van der Waals surface area contributed by atoms with Crippen LogP contribution in [-0.4, -0.2) is 43.4 Å². The number of nitrogens with zero attached hydrogens (tertiary/aromatic N) is 2. The number of benzene rings is 2. The molecule has 0 bridgehead atoms. The number of hydrogen-bond donors (Lipinski definition) is 2. The Morgan fingerprint density at radius 2 is 2.00 bits per heavy atom. The van der Waals surface area contributed by atoms with Crippen LogP contribution < -0.4 is 15.4 Å². The maximum Gasteiger partial charge on any atom is 0.248 e. The number of amides is 1. The van der Waals surface area contributed by atoms with Crippen LogP contribution in [-0.2, 0) is 17.9 Å². The number of hydrogen-bond acceptors (Lipinski definition) is 5. The first kappa shape index (κ1) is 24.1. The monoisotopic (exact) mass is 474 g/mol. The van der Waals surface area contributed by atoms with Crippen LogP contribution in [0.4, 0.5) is 0 Å². The number of nitrogens with one attached hydrogen (secondary N) is 2. The SMILES string of the molecule is CC/C(=C\NC1=NCCN(Cc2cc(Cl)ccc2Cl)C1)C(=O)NCc1ccc(OC)cc1. The van der Waals surface area contributed by atoms with Gasteiger partial charge in [-0.3, -0.25) is 14.7 Å². The second-order valence-electron chi connectivity index (χ2n) is 7.47. The molecule has 1 aliphatic heterocycles. The van der Waals surface area contributed by atoms with Crippen molar-refractivity contribution < 1.29 is 9.53 Å². The maximum atomic E-state index is 12.6. The van der Waals surface area contributed by atoms with Gasteiger partial charge in [-0.2, -0.15) is 0 Å². The zero-order valence-corrected chi connectivity index (χ0v) is 19.8. The molecule has 0 radical (unpaired) electrons. The van der Waals surface area contributed by atoms with E-state index in [0.29, 0.717) is 48.2 Å². The minimum absolute atomic E-state index is 0.102. The summed E-state index contributed by atoms with van der Waals surface area (Å²) < 4.78 is 5.16. The third-order valence-electron chi connectivity index (χ3n) is 5.19. The van der Waals surface area contributed by atoms with Crippen molar-refractivity contribution in [2.75, 3.05) is 26.7 Å². The summed E-state index contributed by atoms with van der Waals surface area (Å²) in [6.07, 6.45) is 2.36. The Morgan fingerprint density at radius 1 is 1.22 bits per heavy atom. The van der Waals surface area contributed by atoms with E-state index in [0.717, 1.165) is 29.3 Å². The topological polar surface area (TPSA) is 66.0 Å². The number of amidine groups is 1. The van der Waals surface area contributed by atoms with Crippen LogP contribution in [0, 0.1) is 0 Å². The lowest BCUT2D eigenvalue weighted by Gasteiger charge is -2.27. The van der Waals surface area contributed by atoms with Crippen molar-refractivity contribution in [1.29, 1.82) is 0 Å². The molecule has 3 rings (SSSR count). The van der Waals surface area contributed by atoms with Crippen molar-refractivity contribution >= 4 is 34.9 Å². The lowest BCUT2D eigenvalue weighted by Crippen LogP contribution is -2.41. The highest BCUT2D eigenvalue weighted by Crippen LogP contribution is 2.22. The van der Waals surface area contributed by atoms with Gasteiger partial charge in [0.15, 0.2) is 0 Å². The smallest absolute Gasteiger partial charge is 0.248 e. The molecule has 0 spiro atoms. The summed E-state index contributed by atoms with van der Waals surface area (Å²) in [6, 6.07) is 13.1. The zero-order chi connectivity index (χ0) is 22.9. The lowest BCUT2D eigenvalue weighted by atomic mass is 10.2. The van der Waals surface area contributed by atoms with Crippen LogP contribution >= 0.6 is 23.2 Å². The van der Waals surface area contributed by atoms with E-state index < -0.39 is 0 Å². The largest absolute Gasteiger partial charge is 0.497 e. The molecule has 0 saturated carbocycles. The standard InChI is InChI=1S/C24H28Cl2N4O2/c1-3-18(24(31)29-13-17-4-7-21(32-2)8-5-17)14-28-23-16-30(11-10-27-23)15-19-12-20(25)6-9-22(19)26/h4-9,12,14H,3,10-11,13,15-16H2,1-2H3,(H,27,28)(H,29,31)/b18-14+. The number of halogens is 2. The predicted molar refractivity (Wildman–Crippen MR) is 130 cm³/mol. The van der Waals surface area contributed by atoms with Crippen LogP contribution in [0.15, 0.2) is 59.2 Å².